The highest BCUT2D eigenvalue weighted by atomic mass is 16.6. The first-order valence-corrected chi connectivity index (χ1v) is 9.17. The first kappa shape index (κ1) is 16.4. The van der Waals surface area contributed by atoms with Crippen molar-refractivity contribution in [3.8, 4) is 11.5 Å². The van der Waals surface area contributed by atoms with E-state index in [4.69, 9.17) is 9.73 Å². The summed E-state index contributed by atoms with van der Waals surface area (Å²) in [6, 6.07) is 2.64. The fourth-order valence-corrected chi connectivity index (χ4v) is 5.51. The summed E-state index contributed by atoms with van der Waals surface area (Å²) in [5.74, 6) is 2.41. The molecule has 6 heteroatoms. The number of rotatable bonds is 5. The summed E-state index contributed by atoms with van der Waals surface area (Å²) in [6.07, 6.45) is 9.00. The van der Waals surface area contributed by atoms with E-state index in [0.717, 1.165) is 37.0 Å². The van der Waals surface area contributed by atoms with Gasteiger partial charge in [0.05, 0.1) is 23.1 Å². The van der Waals surface area contributed by atoms with Gasteiger partial charge < -0.3 is 9.84 Å². The lowest BCUT2D eigenvalue weighted by molar-refractivity contribution is -0.385. The highest BCUT2D eigenvalue weighted by Gasteiger charge is 2.50. The molecule has 25 heavy (non-hydrogen) atoms. The summed E-state index contributed by atoms with van der Waals surface area (Å²) in [5.41, 5.74) is 0.249. The fourth-order valence-electron chi connectivity index (χ4n) is 5.51. The van der Waals surface area contributed by atoms with Crippen molar-refractivity contribution >= 4 is 11.9 Å². The summed E-state index contributed by atoms with van der Waals surface area (Å²) in [7, 11) is 0. The van der Waals surface area contributed by atoms with Crippen LogP contribution in [-0.2, 0) is 0 Å². The van der Waals surface area contributed by atoms with Crippen LogP contribution in [0, 0.1) is 27.9 Å². The summed E-state index contributed by atoms with van der Waals surface area (Å²) < 4.78 is 5.35. The highest BCUT2D eigenvalue weighted by molar-refractivity contribution is 5.86. The van der Waals surface area contributed by atoms with Crippen LogP contribution in [0.4, 0.5) is 5.69 Å². The van der Waals surface area contributed by atoms with Crippen LogP contribution in [0.3, 0.4) is 0 Å². The molecule has 0 atom stereocenters. The standard InChI is InChI=1S/C19H24N2O4/c1-2-25-17-7-16(21(23)24)6-15(18(17)22)11-20-19-8-12-3-13(9-19)5-14(4-12)10-19/h6-7,11-14,22H,2-5,8-10H2,1H3. The third kappa shape index (κ3) is 2.98. The van der Waals surface area contributed by atoms with E-state index in [1.54, 1.807) is 13.1 Å². The van der Waals surface area contributed by atoms with E-state index in [-0.39, 0.29) is 22.7 Å². The zero-order valence-corrected chi connectivity index (χ0v) is 14.5. The molecule has 0 heterocycles. The Balaban J connectivity index is 1.66. The third-order valence-electron chi connectivity index (χ3n) is 6.08. The minimum absolute atomic E-state index is 0.0302. The molecule has 0 spiro atoms. The molecule has 0 aromatic heterocycles. The molecular formula is C19H24N2O4. The molecule has 0 radical (unpaired) electrons. The predicted octanol–water partition coefficient (Wildman–Crippen LogP) is 4.09. The number of non-ortho nitro benzene ring substituents is 1. The summed E-state index contributed by atoms with van der Waals surface area (Å²) in [6.45, 7) is 2.11. The quantitative estimate of drug-likeness (QED) is 0.495. The Morgan fingerprint density at radius 2 is 1.88 bits per heavy atom. The SMILES string of the molecule is CCOc1cc([N+](=O)[O-])cc(C=NC23CC4CC(CC(C4)C2)C3)c1O. The number of nitro benzene ring substituents is 1. The second-order valence-electron chi connectivity index (χ2n) is 7.97. The zero-order valence-electron chi connectivity index (χ0n) is 14.5. The largest absolute Gasteiger partial charge is 0.504 e. The van der Waals surface area contributed by atoms with Crippen molar-refractivity contribution in [3.05, 3.63) is 27.8 Å². The van der Waals surface area contributed by atoms with E-state index in [2.05, 4.69) is 0 Å². The second kappa shape index (κ2) is 6.00. The second-order valence-corrected chi connectivity index (χ2v) is 7.97. The molecule has 0 unspecified atom stereocenters. The van der Waals surface area contributed by atoms with Gasteiger partial charge in [-0.2, -0.15) is 0 Å². The first-order chi connectivity index (χ1) is 12.0. The van der Waals surface area contributed by atoms with E-state index in [0.29, 0.717) is 12.2 Å². The number of benzene rings is 1. The zero-order chi connectivity index (χ0) is 17.6. The minimum atomic E-state index is -0.468. The molecular weight excluding hydrogens is 320 g/mol. The molecule has 1 N–H and O–H groups in total. The molecule has 134 valence electrons. The lowest BCUT2D eigenvalue weighted by Crippen LogP contribution is -2.49. The molecule has 4 fully saturated rings. The van der Waals surface area contributed by atoms with Crippen molar-refractivity contribution < 1.29 is 14.8 Å². The van der Waals surface area contributed by atoms with Gasteiger partial charge in [0.15, 0.2) is 11.5 Å². The predicted molar refractivity (Wildman–Crippen MR) is 94.4 cm³/mol. The van der Waals surface area contributed by atoms with Crippen LogP contribution in [0.1, 0.15) is 51.0 Å². The van der Waals surface area contributed by atoms with E-state index < -0.39 is 4.92 Å². The Morgan fingerprint density at radius 1 is 1.28 bits per heavy atom. The summed E-state index contributed by atoms with van der Waals surface area (Å²) in [4.78, 5) is 15.6. The Morgan fingerprint density at radius 3 is 2.40 bits per heavy atom. The maximum absolute atomic E-state index is 11.2. The van der Waals surface area contributed by atoms with Gasteiger partial charge in [-0.15, -0.1) is 0 Å². The molecule has 4 saturated carbocycles. The average Bonchev–Trinajstić information content (AvgIpc) is 2.54. The van der Waals surface area contributed by atoms with Crippen LogP contribution in [0.15, 0.2) is 17.1 Å². The van der Waals surface area contributed by atoms with Crippen molar-refractivity contribution in [1.29, 1.82) is 0 Å². The Hall–Kier alpha value is -2.11. The van der Waals surface area contributed by atoms with Gasteiger partial charge in [-0.1, -0.05) is 0 Å². The number of nitro groups is 1. The Kier molecular flexibility index (Phi) is 3.93. The van der Waals surface area contributed by atoms with Gasteiger partial charge in [-0.05, 0) is 63.2 Å². The monoisotopic (exact) mass is 344 g/mol. The third-order valence-corrected chi connectivity index (χ3v) is 6.08. The number of aromatic hydroxyl groups is 1. The van der Waals surface area contributed by atoms with Crippen LogP contribution >= 0.6 is 0 Å². The van der Waals surface area contributed by atoms with Gasteiger partial charge >= 0.3 is 0 Å². The summed E-state index contributed by atoms with van der Waals surface area (Å²) in [5, 5.41) is 21.6. The number of phenolic OH excluding ortho intramolecular Hbond substituents is 1. The van der Waals surface area contributed by atoms with E-state index in [1.165, 1.54) is 31.4 Å². The topological polar surface area (TPSA) is 85.0 Å². The van der Waals surface area contributed by atoms with Gasteiger partial charge in [-0.25, -0.2) is 0 Å². The van der Waals surface area contributed by atoms with Crippen LogP contribution in [-0.4, -0.2) is 28.4 Å². The lowest BCUT2D eigenvalue weighted by Gasteiger charge is -2.54. The van der Waals surface area contributed by atoms with Crippen LogP contribution in [0.2, 0.25) is 0 Å². The van der Waals surface area contributed by atoms with Crippen molar-refractivity contribution in [1.82, 2.24) is 0 Å². The Labute approximate surface area is 147 Å². The Bertz CT molecular complexity index is 693. The molecule has 6 nitrogen and oxygen atoms in total. The van der Waals surface area contributed by atoms with Crippen molar-refractivity contribution in [2.45, 2.75) is 51.0 Å². The lowest BCUT2D eigenvalue weighted by atomic mass is 9.53. The molecule has 4 aliphatic rings. The van der Waals surface area contributed by atoms with Gasteiger partial charge in [0.2, 0.25) is 0 Å². The van der Waals surface area contributed by atoms with Gasteiger partial charge in [0, 0.05) is 17.8 Å². The molecule has 1 aromatic carbocycles. The molecule has 5 rings (SSSR count). The molecule has 4 aliphatic carbocycles. The van der Waals surface area contributed by atoms with Gasteiger partial charge in [-0.3, -0.25) is 15.1 Å². The number of phenols is 1. The molecule has 0 aliphatic heterocycles. The molecule has 1 aromatic rings. The number of ether oxygens (including phenoxy) is 1. The smallest absolute Gasteiger partial charge is 0.274 e. The molecule has 0 saturated heterocycles. The van der Waals surface area contributed by atoms with Crippen LogP contribution < -0.4 is 4.74 Å². The van der Waals surface area contributed by atoms with Crippen molar-refractivity contribution in [2.24, 2.45) is 22.7 Å². The van der Waals surface area contributed by atoms with Crippen LogP contribution in [0.5, 0.6) is 11.5 Å². The first-order valence-electron chi connectivity index (χ1n) is 9.17. The molecule has 0 amide bonds. The van der Waals surface area contributed by atoms with Gasteiger partial charge in [0.1, 0.15) is 0 Å². The average molecular weight is 344 g/mol. The van der Waals surface area contributed by atoms with E-state index in [9.17, 15) is 15.2 Å². The number of hydrogen-bond acceptors (Lipinski definition) is 5. The van der Waals surface area contributed by atoms with Gasteiger partial charge in [0.25, 0.3) is 5.69 Å². The fraction of sp³-hybridized carbons (Fsp3) is 0.632. The summed E-state index contributed by atoms with van der Waals surface area (Å²) >= 11 is 0. The van der Waals surface area contributed by atoms with E-state index >= 15 is 0 Å². The van der Waals surface area contributed by atoms with E-state index in [1.807, 2.05) is 0 Å². The van der Waals surface area contributed by atoms with Crippen molar-refractivity contribution in [3.63, 3.8) is 0 Å². The number of aliphatic imine (C=N–C) groups is 1. The molecule has 4 bridgehead atoms. The number of nitrogens with zero attached hydrogens (tertiary/aromatic N) is 2. The van der Waals surface area contributed by atoms with Crippen LogP contribution in [0.25, 0.3) is 0 Å². The maximum Gasteiger partial charge on any atom is 0.274 e. The minimum Gasteiger partial charge on any atom is -0.504 e. The highest BCUT2D eigenvalue weighted by Crippen LogP contribution is 2.57. The van der Waals surface area contributed by atoms with Crippen molar-refractivity contribution in [2.75, 3.05) is 6.61 Å². The maximum atomic E-state index is 11.2. The number of hydrogen-bond donors (Lipinski definition) is 1. The normalized spacial score (nSPS) is 33.1.